The minimum atomic E-state index is 0.962. The van der Waals surface area contributed by atoms with E-state index < -0.39 is 0 Å². The van der Waals surface area contributed by atoms with Crippen LogP contribution >= 0.6 is 0 Å². The van der Waals surface area contributed by atoms with Crippen molar-refractivity contribution in [3.63, 3.8) is 0 Å². The summed E-state index contributed by atoms with van der Waals surface area (Å²) in [7, 11) is 0. The zero-order chi connectivity index (χ0) is 27.1. The van der Waals surface area contributed by atoms with Gasteiger partial charge in [0.15, 0.2) is 0 Å². The fourth-order valence-electron chi connectivity index (χ4n) is 6.12. The lowest BCUT2D eigenvalue weighted by molar-refractivity contribution is 0.417. The molecule has 0 amide bonds. The van der Waals surface area contributed by atoms with Crippen LogP contribution in [0.4, 0.5) is 0 Å². The SMILES string of the molecule is CCCCCCCCCCCCCCCCCCCCC(C)CCCCCCCC(C)CCCCCC. The van der Waals surface area contributed by atoms with Crippen molar-refractivity contribution in [3.05, 3.63) is 0 Å². The van der Waals surface area contributed by atoms with Gasteiger partial charge >= 0.3 is 0 Å². The molecule has 0 aliphatic rings. The van der Waals surface area contributed by atoms with Crippen LogP contribution in [0, 0.1) is 11.8 Å². The Morgan fingerprint density at radius 2 is 0.405 bits per heavy atom. The highest BCUT2D eigenvalue weighted by molar-refractivity contribution is 4.58. The Morgan fingerprint density at radius 3 is 0.622 bits per heavy atom. The second-order valence-electron chi connectivity index (χ2n) is 13.2. The molecule has 0 heterocycles. The van der Waals surface area contributed by atoms with E-state index >= 15 is 0 Å². The normalized spacial score (nSPS) is 13.3. The molecule has 0 aromatic carbocycles. The predicted molar refractivity (Wildman–Crippen MR) is 173 cm³/mol. The Hall–Kier alpha value is 0. The average Bonchev–Trinajstić information content (AvgIpc) is 2.90. The Morgan fingerprint density at radius 1 is 0.243 bits per heavy atom. The Balaban J connectivity index is 3.19. The molecule has 0 radical (unpaired) electrons. The zero-order valence-electron chi connectivity index (χ0n) is 27.1. The van der Waals surface area contributed by atoms with Gasteiger partial charge in [-0.05, 0) is 11.8 Å². The van der Waals surface area contributed by atoms with Gasteiger partial charge in [0.1, 0.15) is 0 Å². The van der Waals surface area contributed by atoms with Gasteiger partial charge < -0.3 is 0 Å². The largest absolute Gasteiger partial charge is 0.0654 e. The maximum Gasteiger partial charge on any atom is -0.0443 e. The van der Waals surface area contributed by atoms with Crippen LogP contribution in [0.1, 0.15) is 227 Å². The van der Waals surface area contributed by atoms with Gasteiger partial charge in [-0.25, -0.2) is 0 Å². The molecule has 0 nitrogen and oxygen atoms in total. The monoisotopic (exact) mass is 521 g/mol. The second-order valence-corrected chi connectivity index (χ2v) is 13.2. The highest BCUT2D eigenvalue weighted by Crippen LogP contribution is 2.21. The van der Waals surface area contributed by atoms with Crippen LogP contribution in [0.15, 0.2) is 0 Å². The molecule has 0 aromatic rings. The summed E-state index contributed by atoms with van der Waals surface area (Å²) in [4.78, 5) is 0. The van der Waals surface area contributed by atoms with Gasteiger partial charge in [-0.15, -0.1) is 0 Å². The Kier molecular flexibility index (Phi) is 32.2. The van der Waals surface area contributed by atoms with E-state index in [9.17, 15) is 0 Å². The van der Waals surface area contributed by atoms with E-state index in [-0.39, 0.29) is 0 Å². The van der Waals surface area contributed by atoms with E-state index in [1.165, 1.54) is 199 Å². The number of hydrogen-bond acceptors (Lipinski definition) is 0. The summed E-state index contributed by atoms with van der Waals surface area (Å²) in [6, 6.07) is 0. The third-order valence-electron chi connectivity index (χ3n) is 8.99. The van der Waals surface area contributed by atoms with Crippen LogP contribution in [0.25, 0.3) is 0 Å². The summed E-state index contributed by atoms with van der Waals surface area (Å²) in [5.41, 5.74) is 0. The van der Waals surface area contributed by atoms with E-state index in [2.05, 4.69) is 27.7 Å². The van der Waals surface area contributed by atoms with E-state index in [1.54, 1.807) is 0 Å². The highest BCUT2D eigenvalue weighted by Gasteiger charge is 2.04. The quantitative estimate of drug-likeness (QED) is 0.0773. The lowest BCUT2D eigenvalue weighted by Crippen LogP contribution is -1.96. The first kappa shape index (κ1) is 37.0. The van der Waals surface area contributed by atoms with Gasteiger partial charge in [-0.3, -0.25) is 0 Å². The zero-order valence-corrected chi connectivity index (χ0v) is 27.1. The van der Waals surface area contributed by atoms with Gasteiger partial charge in [-0.2, -0.15) is 0 Å². The van der Waals surface area contributed by atoms with Gasteiger partial charge in [0.25, 0.3) is 0 Å². The molecule has 0 heteroatoms. The summed E-state index contributed by atoms with van der Waals surface area (Å²) in [6.07, 6.45) is 45.6. The smallest absolute Gasteiger partial charge is 0.0443 e. The summed E-state index contributed by atoms with van der Waals surface area (Å²) in [5, 5.41) is 0. The first-order valence-corrected chi connectivity index (χ1v) is 18.2. The highest BCUT2D eigenvalue weighted by atomic mass is 14.1. The molecule has 0 saturated heterocycles. The lowest BCUT2D eigenvalue weighted by Gasteiger charge is -2.12. The molecule has 0 N–H and O–H groups in total. The molecule has 0 bridgehead atoms. The summed E-state index contributed by atoms with van der Waals surface area (Å²) in [5.74, 6) is 1.93. The van der Waals surface area contributed by atoms with Crippen molar-refractivity contribution in [1.29, 1.82) is 0 Å². The third-order valence-corrected chi connectivity index (χ3v) is 8.99. The van der Waals surface area contributed by atoms with Crippen LogP contribution in [0.2, 0.25) is 0 Å². The van der Waals surface area contributed by atoms with Crippen molar-refractivity contribution in [3.8, 4) is 0 Å². The first-order valence-electron chi connectivity index (χ1n) is 18.2. The van der Waals surface area contributed by atoms with Crippen LogP contribution in [-0.2, 0) is 0 Å². The molecule has 224 valence electrons. The molecule has 0 saturated carbocycles. The molecule has 37 heavy (non-hydrogen) atoms. The minimum absolute atomic E-state index is 0.962. The minimum Gasteiger partial charge on any atom is -0.0654 e. The fraction of sp³-hybridized carbons (Fsp3) is 1.00. The van der Waals surface area contributed by atoms with Gasteiger partial charge in [0.05, 0.1) is 0 Å². The molecule has 0 spiro atoms. The van der Waals surface area contributed by atoms with Crippen LogP contribution in [-0.4, -0.2) is 0 Å². The number of hydrogen-bond donors (Lipinski definition) is 0. The molecule has 0 aliphatic carbocycles. The summed E-state index contributed by atoms with van der Waals surface area (Å²) in [6.45, 7) is 9.61. The maximum absolute atomic E-state index is 2.51. The number of rotatable bonds is 32. The molecule has 0 aliphatic heterocycles. The maximum atomic E-state index is 2.51. The number of unbranched alkanes of at least 4 members (excludes halogenated alkanes) is 24. The Labute approximate surface area is 238 Å². The van der Waals surface area contributed by atoms with Crippen molar-refractivity contribution in [2.75, 3.05) is 0 Å². The molecular weight excluding hydrogens is 444 g/mol. The molecule has 2 atom stereocenters. The van der Waals surface area contributed by atoms with Crippen LogP contribution < -0.4 is 0 Å². The molecule has 0 fully saturated rings. The van der Waals surface area contributed by atoms with E-state index in [1.807, 2.05) is 0 Å². The van der Waals surface area contributed by atoms with Gasteiger partial charge in [-0.1, -0.05) is 227 Å². The van der Waals surface area contributed by atoms with Crippen molar-refractivity contribution in [1.82, 2.24) is 0 Å². The summed E-state index contributed by atoms with van der Waals surface area (Å²) >= 11 is 0. The van der Waals surface area contributed by atoms with Crippen molar-refractivity contribution >= 4 is 0 Å². The van der Waals surface area contributed by atoms with Crippen molar-refractivity contribution in [2.24, 2.45) is 11.8 Å². The van der Waals surface area contributed by atoms with Crippen molar-refractivity contribution in [2.45, 2.75) is 227 Å². The third kappa shape index (κ3) is 32.1. The van der Waals surface area contributed by atoms with E-state index in [0.717, 1.165) is 11.8 Å². The first-order chi connectivity index (χ1) is 18.2. The molecular formula is C37H76. The molecule has 2 unspecified atom stereocenters. The van der Waals surface area contributed by atoms with Crippen LogP contribution in [0.5, 0.6) is 0 Å². The van der Waals surface area contributed by atoms with E-state index in [4.69, 9.17) is 0 Å². The van der Waals surface area contributed by atoms with E-state index in [0.29, 0.717) is 0 Å². The summed E-state index contributed by atoms with van der Waals surface area (Å²) < 4.78 is 0. The van der Waals surface area contributed by atoms with Crippen LogP contribution in [0.3, 0.4) is 0 Å². The van der Waals surface area contributed by atoms with Gasteiger partial charge in [0.2, 0.25) is 0 Å². The topological polar surface area (TPSA) is 0 Å². The lowest BCUT2D eigenvalue weighted by atomic mass is 9.94. The fourth-order valence-corrected chi connectivity index (χ4v) is 6.12. The Bertz CT molecular complexity index is 385. The second kappa shape index (κ2) is 32.2. The molecule has 0 aromatic heterocycles. The average molecular weight is 521 g/mol. The van der Waals surface area contributed by atoms with Gasteiger partial charge in [0, 0.05) is 0 Å². The van der Waals surface area contributed by atoms with Crippen molar-refractivity contribution < 1.29 is 0 Å². The predicted octanol–water partition coefficient (Wildman–Crippen LogP) is 14.4. The standard InChI is InChI=1S/C37H76/c1-5-7-9-11-12-13-14-15-16-17-18-19-20-21-22-23-25-29-33-37(4)35-31-27-24-26-30-34-36(3)32-28-10-8-6-2/h36-37H,5-35H2,1-4H3. The molecule has 0 rings (SSSR count).